The summed E-state index contributed by atoms with van der Waals surface area (Å²) >= 11 is 0. The molecule has 3 aromatic rings. The molecule has 1 aromatic carbocycles. The number of hydrogen-bond acceptors (Lipinski definition) is 5. The number of nitrogens with one attached hydrogen (secondary N) is 1. The van der Waals surface area contributed by atoms with Crippen molar-refractivity contribution in [2.75, 3.05) is 5.32 Å². The van der Waals surface area contributed by atoms with Gasteiger partial charge in [0.05, 0.1) is 24.0 Å². The number of alkyl halides is 5. The van der Waals surface area contributed by atoms with E-state index in [1.165, 1.54) is 37.0 Å². The minimum Gasteiger partial charge on any atom is -0.382 e. The minimum atomic E-state index is -4.76. The number of carbonyl (C=O) groups excluding carboxylic acids is 1. The highest BCUT2D eigenvalue weighted by atomic mass is 19.4. The summed E-state index contributed by atoms with van der Waals surface area (Å²) < 4.78 is 72.8. The topological polar surface area (TPSA) is 93.2 Å². The molecule has 0 bridgehead atoms. The van der Waals surface area contributed by atoms with Crippen LogP contribution in [0.4, 0.5) is 27.6 Å². The van der Waals surface area contributed by atoms with Crippen LogP contribution in [0.1, 0.15) is 53.7 Å². The number of nitrogens with zero attached hydrogens (tertiary/aromatic N) is 3. The van der Waals surface area contributed by atoms with Crippen LogP contribution in [0.2, 0.25) is 0 Å². The monoisotopic (exact) mass is 458 g/mol. The van der Waals surface area contributed by atoms with Gasteiger partial charge in [-0.15, -0.1) is 0 Å². The van der Waals surface area contributed by atoms with Crippen molar-refractivity contribution in [1.29, 1.82) is 0 Å². The van der Waals surface area contributed by atoms with Crippen molar-refractivity contribution < 1.29 is 36.4 Å². The van der Waals surface area contributed by atoms with E-state index in [4.69, 9.17) is 4.52 Å². The maximum absolute atomic E-state index is 13.9. The highest BCUT2D eigenvalue weighted by Gasteiger charge is 2.35. The summed E-state index contributed by atoms with van der Waals surface area (Å²) in [5.74, 6) is -4.10. The van der Waals surface area contributed by atoms with Crippen LogP contribution in [-0.2, 0) is 24.2 Å². The molecule has 0 fully saturated rings. The predicted molar refractivity (Wildman–Crippen MR) is 102 cm³/mol. The van der Waals surface area contributed by atoms with Crippen LogP contribution in [0.25, 0.3) is 0 Å². The average molecular weight is 458 g/mol. The van der Waals surface area contributed by atoms with Crippen LogP contribution in [-0.4, -0.2) is 26.0 Å². The molecule has 2 heterocycles. The van der Waals surface area contributed by atoms with E-state index in [1.807, 2.05) is 0 Å². The maximum Gasteiger partial charge on any atom is 0.416 e. The second kappa shape index (κ2) is 8.01. The number of anilines is 1. The number of hydrogen-bond donors (Lipinski definition) is 2. The van der Waals surface area contributed by atoms with Crippen LogP contribution in [0.15, 0.2) is 41.2 Å². The molecule has 0 unspecified atom stereocenters. The Labute approximate surface area is 178 Å². The van der Waals surface area contributed by atoms with Crippen molar-refractivity contribution in [3.8, 4) is 0 Å². The van der Waals surface area contributed by atoms with Gasteiger partial charge in [0.1, 0.15) is 5.60 Å². The van der Waals surface area contributed by atoms with Gasteiger partial charge in [-0.3, -0.25) is 9.48 Å². The smallest absolute Gasteiger partial charge is 0.382 e. The van der Waals surface area contributed by atoms with Crippen LogP contribution in [0.5, 0.6) is 0 Å². The SMILES string of the molecule is CC(C)(O)c1cc(C(=O)Nc2cnn(Cc3ccc(C(F)(F)F)cc3C(C)(F)F)c2)no1. The number of benzene rings is 1. The maximum atomic E-state index is 13.9. The molecule has 0 saturated heterocycles. The summed E-state index contributed by atoms with van der Waals surface area (Å²) in [5, 5.41) is 19.9. The van der Waals surface area contributed by atoms with E-state index >= 15 is 0 Å². The Bertz CT molecular complexity index is 1120. The fourth-order valence-corrected chi connectivity index (χ4v) is 2.85. The number of amides is 1. The van der Waals surface area contributed by atoms with Gasteiger partial charge in [-0.1, -0.05) is 11.2 Å². The highest BCUT2D eigenvalue weighted by molar-refractivity contribution is 6.02. The van der Waals surface area contributed by atoms with E-state index in [0.717, 1.165) is 12.1 Å². The molecule has 3 rings (SSSR count). The van der Waals surface area contributed by atoms with Crippen LogP contribution < -0.4 is 5.32 Å². The quantitative estimate of drug-likeness (QED) is 0.530. The van der Waals surface area contributed by atoms with Gasteiger partial charge in [0.2, 0.25) is 0 Å². The third-order valence-corrected chi connectivity index (χ3v) is 4.48. The lowest BCUT2D eigenvalue weighted by molar-refractivity contribution is -0.137. The minimum absolute atomic E-state index is 0.0576. The molecular weight excluding hydrogens is 439 g/mol. The lowest BCUT2D eigenvalue weighted by Crippen LogP contribution is -2.16. The first-order valence-corrected chi connectivity index (χ1v) is 9.26. The fraction of sp³-hybridized carbons (Fsp3) is 0.350. The zero-order valence-corrected chi connectivity index (χ0v) is 17.2. The molecule has 2 aromatic heterocycles. The lowest BCUT2D eigenvalue weighted by Gasteiger charge is -2.18. The van der Waals surface area contributed by atoms with Gasteiger partial charge >= 0.3 is 6.18 Å². The predicted octanol–water partition coefficient (Wildman–Crippen LogP) is 4.53. The Kier molecular flexibility index (Phi) is 5.85. The van der Waals surface area contributed by atoms with Gasteiger partial charge < -0.3 is 14.9 Å². The van der Waals surface area contributed by atoms with Crippen molar-refractivity contribution in [3.05, 3.63) is 64.8 Å². The molecule has 0 radical (unpaired) electrons. The first-order chi connectivity index (χ1) is 14.6. The highest BCUT2D eigenvalue weighted by Crippen LogP contribution is 2.36. The van der Waals surface area contributed by atoms with Gasteiger partial charge in [-0.05, 0) is 31.5 Å². The summed E-state index contributed by atoms with van der Waals surface area (Å²) in [6.45, 7) is 3.17. The molecule has 172 valence electrons. The average Bonchev–Trinajstić information content (AvgIpc) is 3.29. The van der Waals surface area contributed by atoms with Crippen molar-refractivity contribution in [1.82, 2.24) is 14.9 Å². The third-order valence-electron chi connectivity index (χ3n) is 4.48. The number of aliphatic hydroxyl groups is 1. The molecule has 2 N–H and O–H groups in total. The van der Waals surface area contributed by atoms with Gasteiger partial charge in [0, 0.05) is 24.8 Å². The molecule has 12 heteroatoms. The van der Waals surface area contributed by atoms with Crippen molar-refractivity contribution >= 4 is 11.6 Å². The summed E-state index contributed by atoms with van der Waals surface area (Å²) in [6, 6.07) is 3.38. The zero-order chi connectivity index (χ0) is 23.9. The molecule has 1 amide bonds. The van der Waals surface area contributed by atoms with E-state index in [2.05, 4.69) is 15.6 Å². The Morgan fingerprint density at radius 2 is 1.84 bits per heavy atom. The first kappa shape index (κ1) is 23.4. The van der Waals surface area contributed by atoms with Crippen LogP contribution in [0, 0.1) is 0 Å². The summed E-state index contributed by atoms with van der Waals surface area (Å²) in [7, 11) is 0. The molecule has 0 atom stereocenters. The summed E-state index contributed by atoms with van der Waals surface area (Å²) in [4.78, 5) is 12.3. The second-order valence-corrected chi connectivity index (χ2v) is 7.77. The Hall–Kier alpha value is -3.28. The molecular formula is C20H19F5N4O3. The van der Waals surface area contributed by atoms with E-state index in [0.29, 0.717) is 13.0 Å². The Morgan fingerprint density at radius 1 is 1.16 bits per heavy atom. The number of carbonyl (C=O) groups is 1. The largest absolute Gasteiger partial charge is 0.416 e. The van der Waals surface area contributed by atoms with Gasteiger partial charge in [-0.2, -0.15) is 18.3 Å². The van der Waals surface area contributed by atoms with Crippen molar-refractivity contribution in [2.45, 2.75) is 45.0 Å². The number of halogens is 5. The van der Waals surface area contributed by atoms with E-state index in [9.17, 15) is 31.9 Å². The van der Waals surface area contributed by atoms with Gasteiger partial charge in [0.15, 0.2) is 11.5 Å². The molecule has 0 spiro atoms. The number of rotatable bonds is 6. The van der Waals surface area contributed by atoms with Crippen molar-refractivity contribution in [3.63, 3.8) is 0 Å². The van der Waals surface area contributed by atoms with Crippen LogP contribution in [0.3, 0.4) is 0 Å². The van der Waals surface area contributed by atoms with Gasteiger partial charge in [-0.25, -0.2) is 8.78 Å². The van der Waals surface area contributed by atoms with E-state index in [-0.39, 0.29) is 29.2 Å². The standard InChI is InChI=1S/C20H19F5N4O3/c1-18(2,31)16-7-15(28-32-16)17(30)27-13-8-26-29(10-13)9-11-4-5-12(20(23,24)25)6-14(11)19(3,21)22/h4-8,10,31H,9H2,1-3H3,(H,27,30). The molecule has 0 aliphatic heterocycles. The number of aromatic nitrogens is 3. The van der Waals surface area contributed by atoms with Gasteiger partial charge in [0.25, 0.3) is 11.8 Å². The van der Waals surface area contributed by atoms with E-state index in [1.54, 1.807) is 0 Å². The molecule has 0 aliphatic rings. The molecule has 0 aliphatic carbocycles. The Balaban J connectivity index is 1.78. The zero-order valence-electron chi connectivity index (χ0n) is 17.2. The molecule has 0 saturated carbocycles. The summed E-state index contributed by atoms with van der Waals surface area (Å²) in [5.41, 5.74) is -3.25. The second-order valence-electron chi connectivity index (χ2n) is 7.77. The summed E-state index contributed by atoms with van der Waals surface area (Å²) in [6.07, 6.45) is -2.19. The third kappa shape index (κ3) is 5.31. The van der Waals surface area contributed by atoms with Crippen molar-refractivity contribution in [2.24, 2.45) is 0 Å². The molecule has 32 heavy (non-hydrogen) atoms. The molecule has 7 nitrogen and oxygen atoms in total. The lowest BCUT2D eigenvalue weighted by atomic mass is 9.99. The Morgan fingerprint density at radius 3 is 2.41 bits per heavy atom. The first-order valence-electron chi connectivity index (χ1n) is 9.26. The van der Waals surface area contributed by atoms with E-state index < -0.39 is 34.7 Å². The fourth-order valence-electron chi connectivity index (χ4n) is 2.85. The van der Waals surface area contributed by atoms with Crippen LogP contribution >= 0.6 is 0 Å². The normalized spacial score (nSPS) is 12.8.